The molecule has 2 aromatic rings. The van der Waals surface area contributed by atoms with Crippen LogP contribution in [0.5, 0.6) is 0 Å². The van der Waals surface area contributed by atoms with E-state index in [0.29, 0.717) is 10.6 Å². The Morgan fingerprint density at radius 2 is 1.90 bits per heavy atom. The highest BCUT2D eigenvalue weighted by Gasteiger charge is 2.20. The van der Waals surface area contributed by atoms with Crippen LogP contribution in [0.4, 0.5) is 4.39 Å². The summed E-state index contributed by atoms with van der Waals surface area (Å²) >= 11 is 9.88. The zero-order chi connectivity index (χ0) is 15.6. The van der Waals surface area contributed by atoms with Gasteiger partial charge in [0.05, 0.1) is 6.04 Å². The van der Waals surface area contributed by atoms with Crippen LogP contribution >= 0.6 is 27.5 Å². The van der Waals surface area contributed by atoms with Crippen molar-refractivity contribution in [3.63, 3.8) is 0 Å². The highest BCUT2D eigenvalue weighted by molar-refractivity contribution is 9.10. The van der Waals surface area contributed by atoms with Crippen LogP contribution in [-0.2, 0) is 0 Å². The number of hydrogen-bond acceptors (Lipinski definition) is 1. The summed E-state index contributed by atoms with van der Waals surface area (Å²) in [6, 6.07) is 9.33. The average Bonchev–Trinajstić information content (AvgIpc) is 2.43. The van der Waals surface area contributed by atoms with E-state index >= 15 is 0 Å². The quantitative estimate of drug-likeness (QED) is 0.743. The van der Waals surface area contributed by atoms with Gasteiger partial charge in [0.1, 0.15) is 5.82 Å². The number of aryl methyl sites for hydroxylation is 2. The Bertz CT molecular complexity index is 657. The number of benzene rings is 2. The summed E-state index contributed by atoms with van der Waals surface area (Å²) in [5.74, 6) is -0.276. The first kappa shape index (κ1) is 16.5. The second-order valence-electron chi connectivity index (χ2n) is 5.14. The molecule has 1 unspecified atom stereocenters. The second-order valence-corrected chi connectivity index (χ2v) is 6.40. The Labute approximate surface area is 138 Å². The first-order valence-electron chi connectivity index (χ1n) is 6.89. The molecule has 2 aromatic carbocycles. The van der Waals surface area contributed by atoms with Crippen LogP contribution in [0.3, 0.4) is 0 Å². The molecular formula is C17H18BrClFN. The first-order valence-corrected chi connectivity index (χ1v) is 8.06. The molecule has 1 atom stereocenters. The van der Waals surface area contributed by atoms with Crippen LogP contribution in [-0.4, -0.2) is 6.54 Å². The van der Waals surface area contributed by atoms with E-state index in [1.165, 1.54) is 11.6 Å². The van der Waals surface area contributed by atoms with E-state index in [1.807, 2.05) is 25.1 Å². The van der Waals surface area contributed by atoms with Gasteiger partial charge in [-0.3, -0.25) is 0 Å². The van der Waals surface area contributed by atoms with Crippen molar-refractivity contribution in [2.75, 3.05) is 6.54 Å². The highest BCUT2D eigenvalue weighted by Crippen LogP contribution is 2.34. The Balaban J connectivity index is 2.58. The van der Waals surface area contributed by atoms with Crippen molar-refractivity contribution < 1.29 is 4.39 Å². The Hall–Kier alpha value is -0.900. The van der Waals surface area contributed by atoms with Gasteiger partial charge in [0, 0.05) is 9.50 Å². The maximum atomic E-state index is 13.6. The van der Waals surface area contributed by atoms with Crippen molar-refractivity contribution in [3.8, 4) is 0 Å². The molecule has 0 spiro atoms. The van der Waals surface area contributed by atoms with E-state index in [2.05, 4.69) is 34.2 Å². The third kappa shape index (κ3) is 3.65. The van der Waals surface area contributed by atoms with Crippen LogP contribution in [0.1, 0.15) is 35.2 Å². The molecule has 0 amide bonds. The minimum Gasteiger partial charge on any atom is -0.306 e. The van der Waals surface area contributed by atoms with E-state index < -0.39 is 0 Å². The number of nitrogens with one attached hydrogen (secondary N) is 1. The van der Waals surface area contributed by atoms with E-state index in [-0.39, 0.29) is 11.9 Å². The van der Waals surface area contributed by atoms with E-state index in [1.54, 1.807) is 6.92 Å². The van der Waals surface area contributed by atoms with Gasteiger partial charge in [-0.2, -0.15) is 0 Å². The summed E-state index contributed by atoms with van der Waals surface area (Å²) in [6.45, 7) is 6.64. The van der Waals surface area contributed by atoms with Crippen molar-refractivity contribution in [1.82, 2.24) is 5.32 Å². The molecule has 0 fully saturated rings. The monoisotopic (exact) mass is 369 g/mol. The summed E-state index contributed by atoms with van der Waals surface area (Å²) in [6.07, 6.45) is 0. The molecule has 0 saturated carbocycles. The summed E-state index contributed by atoms with van der Waals surface area (Å²) in [7, 11) is 0. The predicted octanol–water partition coefficient (Wildman–Crippen LogP) is 5.56. The zero-order valence-electron chi connectivity index (χ0n) is 12.3. The lowest BCUT2D eigenvalue weighted by molar-refractivity contribution is 0.606. The molecule has 0 bridgehead atoms. The van der Waals surface area contributed by atoms with Crippen molar-refractivity contribution in [2.24, 2.45) is 0 Å². The van der Waals surface area contributed by atoms with Gasteiger partial charge in [0.25, 0.3) is 0 Å². The standard InChI is InChI=1S/C17H18BrClFN/c1-4-21-17(12-7-10(2)5-6-14(12)18)13-8-11(3)16(20)9-15(13)19/h5-9,17,21H,4H2,1-3H3. The van der Waals surface area contributed by atoms with Crippen LogP contribution in [0, 0.1) is 19.7 Å². The minimum absolute atomic E-state index is 0.0731. The highest BCUT2D eigenvalue weighted by atomic mass is 79.9. The lowest BCUT2D eigenvalue weighted by atomic mass is 9.96. The van der Waals surface area contributed by atoms with E-state index in [4.69, 9.17) is 11.6 Å². The van der Waals surface area contributed by atoms with Gasteiger partial charge in [-0.15, -0.1) is 0 Å². The van der Waals surface area contributed by atoms with Crippen molar-refractivity contribution in [3.05, 3.63) is 67.9 Å². The summed E-state index contributed by atoms with van der Waals surface area (Å²) < 4.78 is 14.7. The van der Waals surface area contributed by atoms with Gasteiger partial charge in [0.2, 0.25) is 0 Å². The SMILES string of the molecule is CCNC(c1cc(C)c(F)cc1Cl)c1cc(C)ccc1Br. The zero-order valence-corrected chi connectivity index (χ0v) is 14.6. The van der Waals surface area contributed by atoms with Gasteiger partial charge < -0.3 is 5.32 Å². The van der Waals surface area contributed by atoms with E-state index in [9.17, 15) is 4.39 Å². The molecule has 2 rings (SSSR count). The normalized spacial score (nSPS) is 12.5. The first-order chi connectivity index (χ1) is 9.93. The fourth-order valence-corrected chi connectivity index (χ4v) is 3.11. The van der Waals surface area contributed by atoms with Gasteiger partial charge in [-0.05, 0) is 55.3 Å². The number of rotatable bonds is 4. The van der Waals surface area contributed by atoms with E-state index in [0.717, 1.165) is 22.1 Å². The molecule has 0 heterocycles. The summed E-state index contributed by atoms with van der Waals surface area (Å²) in [5, 5.41) is 3.88. The minimum atomic E-state index is -0.276. The molecular weight excluding hydrogens is 353 g/mol. The fourth-order valence-electron chi connectivity index (χ4n) is 2.38. The largest absolute Gasteiger partial charge is 0.306 e. The van der Waals surface area contributed by atoms with Crippen molar-refractivity contribution in [1.29, 1.82) is 0 Å². The fraction of sp³-hybridized carbons (Fsp3) is 0.294. The number of halogens is 3. The maximum absolute atomic E-state index is 13.6. The van der Waals surface area contributed by atoms with Crippen LogP contribution < -0.4 is 5.32 Å². The third-order valence-electron chi connectivity index (χ3n) is 3.46. The van der Waals surface area contributed by atoms with Gasteiger partial charge in [0.15, 0.2) is 0 Å². The Morgan fingerprint density at radius 3 is 2.57 bits per heavy atom. The molecule has 4 heteroatoms. The molecule has 0 aromatic heterocycles. The molecule has 0 radical (unpaired) electrons. The lowest BCUT2D eigenvalue weighted by Crippen LogP contribution is -2.23. The van der Waals surface area contributed by atoms with Gasteiger partial charge in [-0.25, -0.2) is 4.39 Å². The second kappa shape index (κ2) is 6.91. The Kier molecular flexibility index (Phi) is 5.42. The third-order valence-corrected chi connectivity index (χ3v) is 4.51. The topological polar surface area (TPSA) is 12.0 Å². The molecule has 112 valence electrons. The lowest BCUT2D eigenvalue weighted by Gasteiger charge is -2.22. The molecule has 21 heavy (non-hydrogen) atoms. The molecule has 0 aliphatic carbocycles. The van der Waals surface area contributed by atoms with Crippen molar-refractivity contribution >= 4 is 27.5 Å². The Morgan fingerprint density at radius 1 is 1.19 bits per heavy atom. The molecule has 0 saturated heterocycles. The maximum Gasteiger partial charge on any atom is 0.127 e. The molecule has 0 aliphatic heterocycles. The molecule has 1 N–H and O–H groups in total. The summed E-state index contributed by atoms with van der Waals surface area (Å²) in [4.78, 5) is 0. The summed E-state index contributed by atoms with van der Waals surface area (Å²) in [5.41, 5.74) is 3.76. The van der Waals surface area contributed by atoms with Gasteiger partial charge in [-0.1, -0.05) is 52.2 Å². The number of hydrogen-bond donors (Lipinski definition) is 1. The van der Waals surface area contributed by atoms with Crippen LogP contribution in [0.15, 0.2) is 34.8 Å². The molecule has 1 nitrogen and oxygen atoms in total. The van der Waals surface area contributed by atoms with Crippen LogP contribution in [0.25, 0.3) is 0 Å². The van der Waals surface area contributed by atoms with Crippen LogP contribution in [0.2, 0.25) is 5.02 Å². The average molecular weight is 371 g/mol. The van der Waals surface area contributed by atoms with Crippen molar-refractivity contribution in [2.45, 2.75) is 26.8 Å². The smallest absolute Gasteiger partial charge is 0.127 e. The predicted molar refractivity (Wildman–Crippen MR) is 90.5 cm³/mol. The molecule has 0 aliphatic rings. The van der Waals surface area contributed by atoms with Gasteiger partial charge >= 0.3 is 0 Å².